The Balaban J connectivity index is 1.38. The summed E-state index contributed by atoms with van der Waals surface area (Å²) < 4.78 is 17.9. The Labute approximate surface area is 173 Å². The molecule has 3 aromatic rings. The zero-order valence-electron chi connectivity index (χ0n) is 16.7. The van der Waals surface area contributed by atoms with Crippen molar-refractivity contribution in [2.45, 2.75) is 45.8 Å². The quantitative estimate of drug-likeness (QED) is 0.549. The Hall–Kier alpha value is -2.45. The standard InChI is InChI=1S/C21H25N3O4S/c1-3-8-24(12-16-5-4-9-26-16)21(25)19-11-17(28-23-19)13-27-15-6-7-20-18(10-15)22-14(2)29-20/h6-7,10-11,16H,3-5,8-9,12-13H2,1-2H3/t16-/m0/s1. The lowest BCUT2D eigenvalue weighted by molar-refractivity contribution is 0.0518. The Morgan fingerprint density at radius 1 is 1.38 bits per heavy atom. The summed E-state index contributed by atoms with van der Waals surface area (Å²) >= 11 is 1.65. The number of aromatic nitrogens is 2. The Bertz CT molecular complexity index is 977. The van der Waals surface area contributed by atoms with Crippen molar-refractivity contribution in [2.24, 2.45) is 0 Å². The minimum absolute atomic E-state index is 0.115. The number of benzene rings is 1. The highest BCUT2D eigenvalue weighted by Gasteiger charge is 2.25. The molecule has 4 rings (SSSR count). The topological polar surface area (TPSA) is 77.7 Å². The van der Waals surface area contributed by atoms with E-state index in [-0.39, 0.29) is 18.6 Å². The van der Waals surface area contributed by atoms with E-state index in [2.05, 4.69) is 17.1 Å². The second kappa shape index (κ2) is 8.92. The number of amides is 1. The molecule has 29 heavy (non-hydrogen) atoms. The zero-order valence-corrected chi connectivity index (χ0v) is 17.5. The average molecular weight is 416 g/mol. The molecule has 0 bridgehead atoms. The number of hydrogen-bond donors (Lipinski definition) is 0. The van der Waals surface area contributed by atoms with E-state index in [4.69, 9.17) is 14.0 Å². The van der Waals surface area contributed by atoms with Crippen molar-refractivity contribution < 1.29 is 18.8 Å². The molecule has 0 N–H and O–H groups in total. The third-order valence-electron chi connectivity index (χ3n) is 4.85. The van der Waals surface area contributed by atoms with Crippen LogP contribution in [0.5, 0.6) is 5.75 Å². The van der Waals surface area contributed by atoms with Gasteiger partial charge in [0.1, 0.15) is 12.4 Å². The number of rotatable bonds is 8. The first-order valence-electron chi connectivity index (χ1n) is 9.99. The molecule has 0 spiro atoms. The number of carbonyl (C=O) groups is 1. The van der Waals surface area contributed by atoms with Crippen molar-refractivity contribution in [1.29, 1.82) is 0 Å². The summed E-state index contributed by atoms with van der Waals surface area (Å²) in [7, 11) is 0. The number of hydrogen-bond acceptors (Lipinski definition) is 7. The minimum atomic E-state index is -0.128. The summed E-state index contributed by atoms with van der Waals surface area (Å²) in [6, 6.07) is 7.48. The molecule has 3 heterocycles. The third kappa shape index (κ3) is 4.76. The van der Waals surface area contributed by atoms with Gasteiger partial charge in [-0.3, -0.25) is 4.79 Å². The molecule has 7 nitrogen and oxygen atoms in total. The van der Waals surface area contributed by atoms with Crippen molar-refractivity contribution in [3.8, 4) is 5.75 Å². The molecule has 0 unspecified atom stereocenters. The fraction of sp³-hybridized carbons (Fsp3) is 0.476. The summed E-state index contributed by atoms with van der Waals surface area (Å²) in [5, 5.41) is 4.98. The molecule has 1 aliphatic heterocycles. The van der Waals surface area contributed by atoms with Crippen LogP contribution in [0.1, 0.15) is 47.4 Å². The maximum Gasteiger partial charge on any atom is 0.276 e. The van der Waals surface area contributed by atoms with Crippen LogP contribution >= 0.6 is 11.3 Å². The third-order valence-corrected chi connectivity index (χ3v) is 5.81. The van der Waals surface area contributed by atoms with E-state index in [1.165, 1.54) is 0 Å². The monoisotopic (exact) mass is 415 g/mol. The predicted molar refractivity (Wildman–Crippen MR) is 110 cm³/mol. The molecule has 1 atom stereocenters. The highest BCUT2D eigenvalue weighted by atomic mass is 32.1. The Kier molecular flexibility index (Phi) is 6.10. The van der Waals surface area contributed by atoms with Crippen molar-refractivity contribution in [3.05, 3.63) is 40.7 Å². The minimum Gasteiger partial charge on any atom is -0.485 e. The van der Waals surface area contributed by atoms with Crippen LogP contribution in [-0.4, -0.2) is 46.7 Å². The number of nitrogens with zero attached hydrogens (tertiary/aromatic N) is 3. The molecule has 2 aromatic heterocycles. The summed E-state index contributed by atoms with van der Waals surface area (Å²) in [6.45, 7) is 6.28. The van der Waals surface area contributed by atoms with Crippen LogP contribution in [-0.2, 0) is 11.3 Å². The molecule has 1 aromatic carbocycles. The van der Waals surface area contributed by atoms with E-state index in [1.54, 1.807) is 22.3 Å². The number of thiazole rings is 1. The molecular formula is C21H25N3O4S. The highest BCUT2D eigenvalue weighted by molar-refractivity contribution is 7.18. The van der Waals surface area contributed by atoms with Crippen LogP contribution in [0.2, 0.25) is 0 Å². The van der Waals surface area contributed by atoms with Gasteiger partial charge in [-0.05, 0) is 38.3 Å². The van der Waals surface area contributed by atoms with Crippen LogP contribution in [0.15, 0.2) is 28.8 Å². The highest BCUT2D eigenvalue weighted by Crippen LogP contribution is 2.26. The lowest BCUT2D eigenvalue weighted by Gasteiger charge is -2.24. The van der Waals surface area contributed by atoms with E-state index >= 15 is 0 Å². The van der Waals surface area contributed by atoms with Crippen LogP contribution in [0, 0.1) is 6.92 Å². The molecule has 1 fully saturated rings. The van der Waals surface area contributed by atoms with Gasteiger partial charge in [0, 0.05) is 31.8 Å². The number of fused-ring (bicyclic) bond motifs is 1. The first-order valence-corrected chi connectivity index (χ1v) is 10.8. The predicted octanol–water partition coefficient (Wildman–Crippen LogP) is 4.20. The fourth-order valence-corrected chi connectivity index (χ4v) is 4.30. The summed E-state index contributed by atoms with van der Waals surface area (Å²) in [4.78, 5) is 19.1. The summed E-state index contributed by atoms with van der Waals surface area (Å²) in [6.07, 6.45) is 3.04. The molecular weight excluding hydrogens is 390 g/mol. The van der Waals surface area contributed by atoms with Gasteiger partial charge in [-0.15, -0.1) is 11.3 Å². The number of aryl methyl sites for hydroxylation is 1. The van der Waals surface area contributed by atoms with Gasteiger partial charge in [0.05, 0.1) is 21.3 Å². The van der Waals surface area contributed by atoms with Gasteiger partial charge in [-0.25, -0.2) is 4.98 Å². The molecule has 1 saturated heterocycles. The largest absolute Gasteiger partial charge is 0.485 e. The maximum absolute atomic E-state index is 12.9. The van der Waals surface area contributed by atoms with E-state index in [0.29, 0.717) is 30.3 Å². The van der Waals surface area contributed by atoms with E-state index < -0.39 is 0 Å². The SMILES string of the molecule is CCCN(C[C@@H]1CCCO1)C(=O)c1cc(COc2ccc3sc(C)nc3c2)on1. The normalized spacial score (nSPS) is 16.4. The van der Waals surface area contributed by atoms with Gasteiger partial charge in [-0.1, -0.05) is 12.1 Å². The second-order valence-corrected chi connectivity index (χ2v) is 8.45. The lowest BCUT2D eigenvalue weighted by Crippen LogP contribution is -2.38. The Morgan fingerprint density at radius 3 is 3.07 bits per heavy atom. The molecule has 0 radical (unpaired) electrons. The maximum atomic E-state index is 12.9. The van der Waals surface area contributed by atoms with Crippen LogP contribution < -0.4 is 4.74 Å². The fourth-order valence-electron chi connectivity index (χ4n) is 3.49. The summed E-state index contributed by atoms with van der Waals surface area (Å²) in [5.41, 5.74) is 1.23. The number of carbonyl (C=O) groups excluding carboxylic acids is 1. The summed E-state index contributed by atoms with van der Waals surface area (Å²) in [5.74, 6) is 1.09. The zero-order chi connectivity index (χ0) is 20.2. The van der Waals surface area contributed by atoms with Gasteiger partial charge in [0.15, 0.2) is 11.5 Å². The molecule has 1 amide bonds. The lowest BCUT2D eigenvalue weighted by atomic mass is 10.2. The molecule has 8 heteroatoms. The molecule has 0 saturated carbocycles. The van der Waals surface area contributed by atoms with Crippen molar-refractivity contribution >= 4 is 27.5 Å². The molecule has 1 aliphatic rings. The van der Waals surface area contributed by atoms with Crippen LogP contribution in [0.4, 0.5) is 0 Å². The van der Waals surface area contributed by atoms with Crippen LogP contribution in [0.25, 0.3) is 10.2 Å². The van der Waals surface area contributed by atoms with Crippen LogP contribution in [0.3, 0.4) is 0 Å². The smallest absolute Gasteiger partial charge is 0.276 e. The molecule has 154 valence electrons. The van der Waals surface area contributed by atoms with Gasteiger partial charge < -0.3 is 18.9 Å². The average Bonchev–Trinajstić information content (AvgIpc) is 3.45. The molecule has 0 aliphatic carbocycles. The van der Waals surface area contributed by atoms with Gasteiger partial charge in [-0.2, -0.15) is 0 Å². The van der Waals surface area contributed by atoms with E-state index in [9.17, 15) is 4.79 Å². The second-order valence-electron chi connectivity index (χ2n) is 7.22. The first kappa shape index (κ1) is 19.8. The first-order chi connectivity index (χ1) is 14.1. The van der Waals surface area contributed by atoms with Gasteiger partial charge >= 0.3 is 0 Å². The number of ether oxygens (including phenoxy) is 2. The Morgan fingerprint density at radius 2 is 2.28 bits per heavy atom. The van der Waals surface area contributed by atoms with Crippen molar-refractivity contribution in [3.63, 3.8) is 0 Å². The van der Waals surface area contributed by atoms with E-state index in [0.717, 1.165) is 41.1 Å². The van der Waals surface area contributed by atoms with Gasteiger partial charge in [0.2, 0.25) is 0 Å². The van der Waals surface area contributed by atoms with Crippen molar-refractivity contribution in [1.82, 2.24) is 15.0 Å². The van der Waals surface area contributed by atoms with Gasteiger partial charge in [0.25, 0.3) is 5.91 Å². The van der Waals surface area contributed by atoms with E-state index in [1.807, 2.05) is 25.1 Å². The van der Waals surface area contributed by atoms with Crippen molar-refractivity contribution in [2.75, 3.05) is 19.7 Å².